The zero-order valence-corrected chi connectivity index (χ0v) is 17.0. The summed E-state index contributed by atoms with van der Waals surface area (Å²) in [6.45, 7) is 3.56. The number of carbonyl (C=O) groups excluding carboxylic acids is 1. The van der Waals surface area contributed by atoms with Gasteiger partial charge in [-0.05, 0) is 53.8 Å². The lowest BCUT2D eigenvalue weighted by atomic mass is 10.2. The minimum atomic E-state index is -1.14. The van der Waals surface area contributed by atoms with Crippen molar-refractivity contribution in [3.63, 3.8) is 0 Å². The number of benzene rings is 2. The number of H-pyrrole nitrogens is 1. The number of carbonyl (C=O) groups is 2. The van der Waals surface area contributed by atoms with Crippen molar-refractivity contribution in [2.75, 3.05) is 5.32 Å². The van der Waals surface area contributed by atoms with E-state index in [1.165, 1.54) is 22.9 Å². The molecular formula is C19H17ClN3O5S+. The molecule has 0 aliphatic carbocycles. The third-order valence-corrected chi connectivity index (χ3v) is 5.50. The Morgan fingerprint density at radius 2 is 1.93 bits per heavy atom. The molecule has 3 aromatic rings. The number of carboxylic acids is 1. The number of carboxylic acid groups (broad SMARTS) is 1. The minimum Gasteiger partial charge on any atom is -0.478 e. The smallest absolute Gasteiger partial charge is 0.442 e. The van der Waals surface area contributed by atoms with Crippen molar-refractivity contribution in [1.82, 2.24) is 5.27 Å². The first kappa shape index (κ1) is 20.7. The zero-order chi connectivity index (χ0) is 21.1. The number of hydrogen-bond acceptors (Lipinski definition) is 5. The van der Waals surface area contributed by atoms with Crippen LogP contribution in [0.25, 0.3) is 5.69 Å². The van der Waals surface area contributed by atoms with Gasteiger partial charge in [0.05, 0.1) is 21.5 Å². The number of aromatic nitrogens is 2. The van der Waals surface area contributed by atoms with Crippen LogP contribution >= 0.6 is 23.4 Å². The molecule has 0 fully saturated rings. The van der Waals surface area contributed by atoms with Gasteiger partial charge >= 0.3 is 16.6 Å². The molecule has 1 unspecified atom stereocenters. The van der Waals surface area contributed by atoms with Gasteiger partial charge in [0.25, 0.3) is 0 Å². The van der Waals surface area contributed by atoms with Crippen LogP contribution in [-0.4, -0.2) is 27.5 Å². The Bertz CT molecular complexity index is 1120. The van der Waals surface area contributed by atoms with Crippen molar-refractivity contribution < 1.29 is 23.9 Å². The Morgan fingerprint density at radius 3 is 2.59 bits per heavy atom. The van der Waals surface area contributed by atoms with Crippen LogP contribution < -0.4 is 15.6 Å². The van der Waals surface area contributed by atoms with Crippen LogP contribution in [0.15, 0.2) is 56.8 Å². The lowest BCUT2D eigenvalue weighted by Gasteiger charge is -2.11. The number of halogens is 1. The number of nitrogens with zero attached hydrogens (tertiary/aromatic N) is 1. The molecule has 1 aromatic heterocycles. The summed E-state index contributed by atoms with van der Waals surface area (Å²) in [6.07, 6.45) is 0. The fraction of sp³-hybridized carbons (Fsp3) is 0.158. The van der Waals surface area contributed by atoms with E-state index in [-0.39, 0.29) is 21.3 Å². The van der Waals surface area contributed by atoms with E-state index >= 15 is 0 Å². The first-order valence-electron chi connectivity index (χ1n) is 8.47. The quantitative estimate of drug-likeness (QED) is 0.405. The van der Waals surface area contributed by atoms with Crippen LogP contribution in [0.5, 0.6) is 0 Å². The number of amides is 1. The standard InChI is InChI=1S/C19H16ClN3O5S/c1-10-3-6-13(7-4-10)23-17(19(27)28-22-23)29-11(2)16(24)21-15-9-12(18(25)26)5-8-14(15)20/h3-9,11H,1-2H3,(H2-,21,22,24,25,26,27)/p+1. The maximum atomic E-state index is 12.6. The van der Waals surface area contributed by atoms with E-state index in [0.29, 0.717) is 5.69 Å². The lowest BCUT2D eigenvalue weighted by Crippen LogP contribution is -2.37. The molecule has 1 atom stereocenters. The van der Waals surface area contributed by atoms with E-state index in [0.717, 1.165) is 17.3 Å². The highest BCUT2D eigenvalue weighted by molar-refractivity contribution is 8.00. The number of thioether (sulfide) groups is 1. The van der Waals surface area contributed by atoms with Crippen molar-refractivity contribution >= 4 is 40.9 Å². The second-order valence-corrected chi connectivity index (χ2v) is 7.94. The molecule has 3 rings (SSSR count). The van der Waals surface area contributed by atoms with Gasteiger partial charge in [-0.2, -0.15) is 0 Å². The van der Waals surface area contributed by atoms with Crippen molar-refractivity contribution in [3.05, 3.63) is 69.0 Å². The van der Waals surface area contributed by atoms with E-state index in [4.69, 9.17) is 21.2 Å². The molecule has 0 bridgehead atoms. The summed E-state index contributed by atoms with van der Waals surface area (Å²) in [5.41, 5.74) is 1.29. The van der Waals surface area contributed by atoms with Gasteiger partial charge in [-0.25, -0.2) is 9.59 Å². The molecule has 29 heavy (non-hydrogen) atoms. The highest BCUT2D eigenvalue weighted by atomic mass is 35.5. The molecule has 8 nitrogen and oxygen atoms in total. The molecule has 1 heterocycles. The molecule has 2 aromatic carbocycles. The molecule has 3 N–H and O–H groups in total. The minimum absolute atomic E-state index is 0.00602. The Hall–Kier alpha value is -3.04. The predicted molar refractivity (Wildman–Crippen MR) is 108 cm³/mol. The van der Waals surface area contributed by atoms with E-state index in [9.17, 15) is 14.4 Å². The molecule has 1 amide bonds. The molecule has 0 saturated heterocycles. The highest BCUT2D eigenvalue weighted by Crippen LogP contribution is 2.25. The zero-order valence-electron chi connectivity index (χ0n) is 15.4. The summed E-state index contributed by atoms with van der Waals surface area (Å²) in [5, 5.41) is 13.9. The normalized spacial score (nSPS) is 11.8. The van der Waals surface area contributed by atoms with Gasteiger partial charge < -0.3 is 10.4 Å². The van der Waals surface area contributed by atoms with Gasteiger partial charge in [0.2, 0.25) is 11.6 Å². The Morgan fingerprint density at radius 1 is 1.24 bits per heavy atom. The van der Waals surface area contributed by atoms with Gasteiger partial charge in [0.1, 0.15) is 0 Å². The topological polar surface area (TPSA) is 116 Å². The lowest BCUT2D eigenvalue weighted by molar-refractivity contribution is -0.704. The molecule has 0 saturated carbocycles. The second kappa shape index (κ2) is 8.54. The number of rotatable bonds is 6. The average molecular weight is 435 g/mol. The predicted octanol–water partition coefficient (Wildman–Crippen LogP) is 3.02. The summed E-state index contributed by atoms with van der Waals surface area (Å²) in [4.78, 5) is 35.8. The van der Waals surface area contributed by atoms with Crippen molar-refractivity contribution in [3.8, 4) is 5.69 Å². The van der Waals surface area contributed by atoms with E-state index < -0.39 is 22.8 Å². The summed E-state index contributed by atoms with van der Waals surface area (Å²) >= 11 is 7.05. The highest BCUT2D eigenvalue weighted by Gasteiger charge is 2.29. The van der Waals surface area contributed by atoms with E-state index in [2.05, 4.69) is 10.6 Å². The third kappa shape index (κ3) is 4.69. The number of nitrogens with one attached hydrogen (secondary N) is 2. The number of aromatic carboxylic acids is 1. The molecule has 10 heteroatoms. The van der Waals surface area contributed by atoms with Crippen LogP contribution in [0.4, 0.5) is 5.69 Å². The van der Waals surface area contributed by atoms with Gasteiger partial charge in [-0.1, -0.05) is 29.3 Å². The van der Waals surface area contributed by atoms with Crippen LogP contribution in [0.2, 0.25) is 5.02 Å². The third-order valence-electron chi connectivity index (χ3n) is 4.03. The average Bonchev–Trinajstić information content (AvgIpc) is 3.04. The van der Waals surface area contributed by atoms with Crippen LogP contribution in [0.1, 0.15) is 22.8 Å². The maximum absolute atomic E-state index is 12.6. The molecule has 150 valence electrons. The summed E-state index contributed by atoms with van der Waals surface area (Å²) < 4.78 is 6.34. The van der Waals surface area contributed by atoms with Crippen molar-refractivity contribution in [2.45, 2.75) is 24.1 Å². The maximum Gasteiger partial charge on any atom is 0.442 e. The van der Waals surface area contributed by atoms with Gasteiger partial charge in [0, 0.05) is 12.1 Å². The van der Waals surface area contributed by atoms with Gasteiger partial charge in [-0.15, -0.1) is 0 Å². The Kier molecular flexibility index (Phi) is 6.09. The fourth-order valence-corrected chi connectivity index (χ4v) is 3.49. The van der Waals surface area contributed by atoms with Gasteiger partial charge in [-0.3, -0.25) is 9.32 Å². The summed E-state index contributed by atoms with van der Waals surface area (Å²) in [5.74, 6) is -1.58. The molecule has 0 aliphatic rings. The number of aromatic amines is 1. The number of aryl methyl sites for hydroxylation is 1. The van der Waals surface area contributed by atoms with Gasteiger partial charge in [0.15, 0.2) is 0 Å². The largest absolute Gasteiger partial charge is 0.478 e. The Balaban J connectivity index is 1.80. The summed E-state index contributed by atoms with van der Waals surface area (Å²) in [6, 6.07) is 11.4. The SMILES string of the molecule is Cc1ccc(-[n+]2[nH]oc(=O)c2SC(C)C(=O)Nc2cc(C(=O)O)ccc2Cl)cc1. The molecule has 0 aliphatic heterocycles. The van der Waals surface area contributed by atoms with E-state index in [1.807, 2.05) is 31.2 Å². The first-order valence-corrected chi connectivity index (χ1v) is 9.73. The first-order chi connectivity index (χ1) is 13.8. The molecule has 0 spiro atoms. The van der Waals surface area contributed by atoms with Crippen molar-refractivity contribution in [1.29, 1.82) is 0 Å². The monoisotopic (exact) mass is 434 g/mol. The van der Waals surface area contributed by atoms with E-state index in [1.54, 1.807) is 6.92 Å². The molecular weight excluding hydrogens is 418 g/mol. The summed E-state index contributed by atoms with van der Waals surface area (Å²) in [7, 11) is 0. The second-order valence-electron chi connectivity index (χ2n) is 6.21. The van der Waals surface area contributed by atoms with Crippen LogP contribution in [0, 0.1) is 6.92 Å². The van der Waals surface area contributed by atoms with Crippen molar-refractivity contribution in [2.24, 2.45) is 0 Å². The number of anilines is 1. The molecule has 0 radical (unpaired) electrons. The number of hydrogen-bond donors (Lipinski definition) is 3. The Labute approximate surface area is 174 Å². The van der Waals surface area contributed by atoms with Crippen LogP contribution in [-0.2, 0) is 4.79 Å². The fourth-order valence-electron chi connectivity index (χ4n) is 2.44. The van der Waals surface area contributed by atoms with Crippen LogP contribution in [0.3, 0.4) is 0 Å².